The molecule has 1 aliphatic heterocycles. The van der Waals surface area contributed by atoms with Gasteiger partial charge in [0.15, 0.2) is 0 Å². The number of likely N-dealkylation sites (tertiary alicyclic amines) is 1. The van der Waals surface area contributed by atoms with Crippen LogP contribution in [-0.4, -0.2) is 28.9 Å². The summed E-state index contributed by atoms with van der Waals surface area (Å²) in [6.45, 7) is 11.0. The lowest BCUT2D eigenvalue weighted by Gasteiger charge is -2.50. The molecule has 0 atom stereocenters. The van der Waals surface area contributed by atoms with Gasteiger partial charge in [-0.15, -0.1) is 11.6 Å². The molecule has 2 heteroatoms. The number of nitrogens with zero attached hydrogens (tertiary/aromatic N) is 1. The van der Waals surface area contributed by atoms with Crippen molar-refractivity contribution in [3.63, 3.8) is 0 Å². The molecule has 0 aliphatic carbocycles. The minimum Gasteiger partial charge on any atom is -0.297 e. The highest BCUT2D eigenvalue weighted by Gasteiger charge is 2.44. The molecule has 0 radical (unpaired) electrons. The summed E-state index contributed by atoms with van der Waals surface area (Å²) in [5, 5.41) is 0. The Morgan fingerprint density at radius 2 is 1.64 bits per heavy atom. The SMILES string of the molecule is CC(C)N1CC(Cl)(C(C)C)C1. The Morgan fingerprint density at radius 1 is 1.18 bits per heavy atom. The Morgan fingerprint density at radius 3 is 1.91 bits per heavy atom. The van der Waals surface area contributed by atoms with Gasteiger partial charge in [-0.1, -0.05) is 13.8 Å². The molecule has 0 aromatic rings. The zero-order valence-electron chi connectivity index (χ0n) is 7.89. The van der Waals surface area contributed by atoms with Crippen molar-refractivity contribution in [2.75, 3.05) is 13.1 Å². The van der Waals surface area contributed by atoms with Gasteiger partial charge in [-0.2, -0.15) is 0 Å². The lowest BCUT2D eigenvalue weighted by atomic mass is 9.86. The first-order valence-electron chi connectivity index (χ1n) is 4.38. The summed E-state index contributed by atoms with van der Waals surface area (Å²) in [4.78, 5) is 2.48. The summed E-state index contributed by atoms with van der Waals surface area (Å²) in [7, 11) is 0. The van der Waals surface area contributed by atoms with E-state index in [1.54, 1.807) is 0 Å². The van der Waals surface area contributed by atoms with Gasteiger partial charge in [0.05, 0.1) is 4.87 Å². The van der Waals surface area contributed by atoms with Crippen molar-refractivity contribution in [1.29, 1.82) is 0 Å². The monoisotopic (exact) mass is 175 g/mol. The van der Waals surface area contributed by atoms with E-state index in [2.05, 4.69) is 32.6 Å². The van der Waals surface area contributed by atoms with Crippen molar-refractivity contribution in [3.05, 3.63) is 0 Å². The van der Waals surface area contributed by atoms with Crippen LogP contribution in [0, 0.1) is 5.92 Å². The van der Waals surface area contributed by atoms with Crippen molar-refractivity contribution in [2.45, 2.75) is 38.6 Å². The Hall–Kier alpha value is 0.250. The van der Waals surface area contributed by atoms with E-state index in [1.807, 2.05) is 0 Å². The fraction of sp³-hybridized carbons (Fsp3) is 1.00. The molecule has 1 heterocycles. The van der Waals surface area contributed by atoms with Crippen molar-refractivity contribution < 1.29 is 0 Å². The summed E-state index contributed by atoms with van der Waals surface area (Å²) in [6.07, 6.45) is 0. The van der Waals surface area contributed by atoms with E-state index in [0.29, 0.717) is 12.0 Å². The smallest absolute Gasteiger partial charge is 0.0722 e. The number of rotatable bonds is 2. The second kappa shape index (κ2) is 2.95. The number of alkyl halides is 1. The molecule has 0 aromatic carbocycles. The molecule has 0 aromatic heterocycles. The average molecular weight is 176 g/mol. The van der Waals surface area contributed by atoms with Gasteiger partial charge in [0, 0.05) is 19.1 Å². The number of hydrogen-bond acceptors (Lipinski definition) is 1. The third-order valence-corrected chi connectivity index (χ3v) is 3.37. The van der Waals surface area contributed by atoms with E-state index in [4.69, 9.17) is 11.6 Å². The van der Waals surface area contributed by atoms with E-state index < -0.39 is 0 Å². The Bertz CT molecular complexity index is 136. The van der Waals surface area contributed by atoms with Crippen LogP contribution < -0.4 is 0 Å². The van der Waals surface area contributed by atoms with E-state index in [9.17, 15) is 0 Å². The molecule has 1 saturated heterocycles. The molecule has 0 N–H and O–H groups in total. The third kappa shape index (κ3) is 1.70. The topological polar surface area (TPSA) is 3.24 Å². The maximum absolute atomic E-state index is 6.34. The fourth-order valence-electron chi connectivity index (χ4n) is 1.36. The first-order chi connectivity index (χ1) is 4.96. The van der Waals surface area contributed by atoms with Gasteiger partial charge in [0.1, 0.15) is 0 Å². The predicted molar refractivity (Wildman–Crippen MR) is 50.1 cm³/mol. The molecule has 11 heavy (non-hydrogen) atoms. The van der Waals surface area contributed by atoms with Crippen LogP contribution in [0.2, 0.25) is 0 Å². The molecular formula is C9H18ClN. The van der Waals surface area contributed by atoms with Gasteiger partial charge in [0.2, 0.25) is 0 Å². The van der Waals surface area contributed by atoms with E-state index >= 15 is 0 Å². The predicted octanol–water partition coefficient (Wildman–Crippen LogP) is 2.34. The summed E-state index contributed by atoms with van der Waals surface area (Å²) in [5.41, 5.74) is 0. The van der Waals surface area contributed by atoms with Crippen molar-refractivity contribution in [3.8, 4) is 0 Å². The third-order valence-electron chi connectivity index (χ3n) is 2.70. The summed E-state index contributed by atoms with van der Waals surface area (Å²) >= 11 is 6.34. The highest BCUT2D eigenvalue weighted by Crippen LogP contribution is 2.36. The second-order valence-corrected chi connectivity index (χ2v) is 4.94. The molecule has 1 aliphatic rings. The quantitative estimate of drug-likeness (QED) is 0.583. The largest absolute Gasteiger partial charge is 0.297 e. The summed E-state index contributed by atoms with van der Waals surface area (Å²) in [5.74, 6) is 0.596. The minimum absolute atomic E-state index is 0.0737. The molecule has 0 bridgehead atoms. The van der Waals surface area contributed by atoms with Crippen LogP contribution in [-0.2, 0) is 0 Å². The Labute approximate surface area is 74.7 Å². The number of halogens is 1. The Kier molecular flexibility index (Phi) is 2.50. The average Bonchev–Trinajstić information content (AvgIpc) is 1.79. The zero-order chi connectivity index (χ0) is 8.65. The van der Waals surface area contributed by atoms with Gasteiger partial charge in [-0.3, -0.25) is 4.90 Å². The lowest BCUT2D eigenvalue weighted by molar-refractivity contribution is 0.0616. The molecule has 0 saturated carbocycles. The first kappa shape index (κ1) is 9.34. The van der Waals surface area contributed by atoms with Gasteiger partial charge in [-0.25, -0.2) is 0 Å². The van der Waals surface area contributed by atoms with Gasteiger partial charge in [-0.05, 0) is 19.8 Å². The van der Waals surface area contributed by atoms with E-state index in [-0.39, 0.29) is 4.87 Å². The molecule has 1 rings (SSSR count). The molecule has 1 fully saturated rings. The van der Waals surface area contributed by atoms with Crippen molar-refractivity contribution in [2.24, 2.45) is 5.92 Å². The normalized spacial score (nSPS) is 24.3. The zero-order valence-corrected chi connectivity index (χ0v) is 8.65. The van der Waals surface area contributed by atoms with Crippen molar-refractivity contribution >= 4 is 11.6 Å². The van der Waals surface area contributed by atoms with Crippen LogP contribution in [0.4, 0.5) is 0 Å². The second-order valence-electron chi connectivity index (χ2n) is 4.19. The molecular weight excluding hydrogens is 158 g/mol. The van der Waals surface area contributed by atoms with Crippen LogP contribution in [0.3, 0.4) is 0 Å². The maximum atomic E-state index is 6.34. The highest BCUT2D eigenvalue weighted by molar-refractivity contribution is 6.25. The van der Waals surface area contributed by atoms with Crippen LogP contribution >= 0.6 is 11.6 Å². The maximum Gasteiger partial charge on any atom is 0.0722 e. The molecule has 0 amide bonds. The first-order valence-corrected chi connectivity index (χ1v) is 4.76. The standard InChI is InChI=1S/C9H18ClN/c1-7(2)9(10)5-11(6-9)8(3)4/h7-8H,5-6H2,1-4H3. The number of hydrogen-bond donors (Lipinski definition) is 0. The Balaban J connectivity index is 2.38. The fourth-order valence-corrected chi connectivity index (χ4v) is 1.67. The van der Waals surface area contributed by atoms with Crippen LogP contribution in [0.5, 0.6) is 0 Å². The highest BCUT2D eigenvalue weighted by atomic mass is 35.5. The van der Waals surface area contributed by atoms with Gasteiger partial charge in [0.25, 0.3) is 0 Å². The molecule has 0 spiro atoms. The van der Waals surface area contributed by atoms with E-state index in [1.165, 1.54) is 0 Å². The van der Waals surface area contributed by atoms with Crippen molar-refractivity contribution in [1.82, 2.24) is 4.90 Å². The lowest BCUT2D eigenvalue weighted by Crippen LogP contribution is -2.62. The van der Waals surface area contributed by atoms with Gasteiger partial charge < -0.3 is 0 Å². The summed E-state index contributed by atoms with van der Waals surface area (Å²) in [6, 6.07) is 0.653. The summed E-state index contributed by atoms with van der Waals surface area (Å²) < 4.78 is 0. The van der Waals surface area contributed by atoms with Crippen LogP contribution in [0.15, 0.2) is 0 Å². The minimum atomic E-state index is 0.0737. The molecule has 0 unspecified atom stereocenters. The van der Waals surface area contributed by atoms with E-state index in [0.717, 1.165) is 13.1 Å². The van der Waals surface area contributed by atoms with Crippen LogP contribution in [0.25, 0.3) is 0 Å². The van der Waals surface area contributed by atoms with Gasteiger partial charge >= 0.3 is 0 Å². The molecule has 66 valence electrons. The van der Waals surface area contributed by atoms with Crippen LogP contribution in [0.1, 0.15) is 27.7 Å². The molecule has 1 nitrogen and oxygen atoms in total.